The highest BCUT2D eigenvalue weighted by Gasteiger charge is 2.26. The van der Waals surface area contributed by atoms with Crippen LogP contribution in [-0.4, -0.2) is 36.5 Å². The predicted octanol–water partition coefficient (Wildman–Crippen LogP) is 3.64. The summed E-state index contributed by atoms with van der Waals surface area (Å²) in [5, 5.41) is 2.91. The largest absolute Gasteiger partial charge is 0.490 e. The number of nitrogens with one attached hydrogen (secondary N) is 1. The Bertz CT molecular complexity index is 882. The normalized spacial score (nSPS) is 13.9. The highest BCUT2D eigenvalue weighted by atomic mass is 16.5. The first-order valence-electron chi connectivity index (χ1n) is 10.5. The fourth-order valence-corrected chi connectivity index (χ4v) is 3.80. The van der Waals surface area contributed by atoms with E-state index < -0.39 is 0 Å². The molecule has 30 heavy (non-hydrogen) atoms. The fraction of sp³-hybridized carbons (Fsp3) is 0.417. The van der Waals surface area contributed by atoms with E-state index in [1.165, 1.54) is 12.5 Å². The lowest BCUT2D eigenvalue weighted by Crippen LogP contribution is -2.39. The molecule has 0 saturated heterocycles. The standard InChI is InChI=1S/C24H30N2O4/c1-4-29-22-13-19-11-12-26(16-20(19)14-23(22)30-5-2)24(28)15-21(25-17(3)27)18-9-7-6-8-10-18/h6-10,13-14,21H,4-5,11-12,15-16H2,1-3H3,(H,25,27)/t21-/m0/s1. The summed E-state index contributed by atoms with van der Waals surface area (Å²) in [4.78, 5) is 26.6. The van der Waals surface area contributed by atoms with Gasteiger partial charge in [-0.2, -0.15) is 0 Å². The molecular weight excluding hydrogens is 380 g/mol. The van der Waals surface area contributed by atoms with Crippen LogP contribution in [0.4, 0.5) is 0 Å². The monoisotopic (exact) mass is 410 g/mol. The van der Waals surface area contributed by atoms with Gasteiger partial charge in [0.2, 0.25) is 11.8 Å². The number of fused-ring (bicyclic) bond motifs is 1. The summed E-state index contributed by atoms with van der Waals surface area (Å²) < 4.78 is 11.5. The van der Waals surface area contributed by atoms with Crippen LogP contribution in [0, 0.1) is 0 Å². The van der Waals surface area contributed by atoms with Gasteiger partial charge >= 0.3 is 0 Å². The Hall–Kier alpha value is -3.02. The van der Waals surface area contributed by atoms with Gasteiger partial charge in [-0.05, 0) is 49.1 Å². The summed E-state index contributed by atoms with van der Waals surface area (Å²) in [7, 11) is 0. The van der Waals surface area contributed by atoms with Crippen molar-refractivity contribution in [1.29, 1.82) is 0 Å². The van der Waals surface area contributed by atoms with E-state index in [2.05, 4.69) is 5.32 Å². The molecule has 1 atom stereocenters. The number of nitrogens with zero attached hydrogens (tertiary/aromatic N) is 1. The fourth-order valence-electron chi connectivity index (χ4n) is 3.80. The lowest BCUT2D eigenvalue weighted by molar-refractivity contribution is -0.133. The van der Waals surface area contributed by atoms with Crippen LogP contribution in [0.2, 0.25) is 0 Å². The van der Waals surface area contributed by atoms with Gasteiger partial charge in [-0.1, -0.05) is 30.3 Å². The number of hydrogen-bond acceptors (Lipinski definition) is 4. The lowest BCUT2D eigenvalue weighted by atomic mass is 9.97. The van der Waals surface area contributed by atoms with Gasteiger partial charge < -0.3 is 19.7 Å². The smallest absolute Gasteiger partial charge is 0.225 e. The van der Waals surface area contributed by atoms with E-state index in [9.17, 15) is 9.59 Å². The number of rotatable bonds is 8. The molecule has 1 aliphatic rings. The second-order valence-corrected chi connectivity index (χ2v) is 7.37. The summed E-state index contributed by atoms with van der Waals surface area (Å²) >= 11 is 0. The molecule has 6 nitrogen and oxygen atoms in total. The zero-order valence-corrected chi connectivity index (χ0v) is 17.9. The van der Waals surface area contributed by atoms with Gasteiger partial charge in [0.25, 0.3) is 0 Å². The van der Waals surface area contributed by atoms with Crippen molar-refractivity contribution in [1.82, 2.24) is 10.2 Å². The molecule has 1 N–H and O–H groups in total. The molecule has 0 spiro atoms. The summed E-state index contributed by atoms with van der Waals surface area (Å²) in [6.45, 7) is 7.67. The third kappa shape index (κ3) is 5.32. The van der Waals surface area contributed by atoms with E-state index in [4.69, 9.17) is 9.47 Å². The Labute approximate surface area is 178 Å². The van der Waals surface area contributed by atoms with Crippen molar-refractivity contribution in [3.05, 3.63) is 59.2 Å². The first-order valence-corrected chi connectivity index (χ1v) is 10.5. The molecule has 0 saturated carbocycles. The molecule has 2 aromatic rings. The van der Waals surface area contributed by atoms with Crippen molar-refractivity contribution in [2.24, 2.45) is 0 Å². The predicted molar refractivity (Wildman–Crippen MR) is 116 cm³/mol. The van der Waals surface area contributed by atoms with Crippen LogP contribution >= 0.6 is 0 Å². The van der Waals surface area contributed by atoms with Gasteiger partial charge in [0, 0.05) is 20.0 Å². The number of ether oxygens (including phenoxy) is 2. The first-order chi connectivity index (χ1) is 14.5. The van der Waals surface area contributed by atoms with Crippen LogP contribution in [0.1, 0.15) is 49.9 Å². The van der Waals surface area contributed by atoms with Gasteiger partial charge in [0.15, 0.2) is 11.5 Å². The van der Waals surface area contributed by atoms with Crippen LogP contribution in [-0.2, 0) is 22.6 Å². The Morgan fingerprint density at radius 2 is 1.67 bits per heavy atom. The number of carbonyl (C=O) groups excluding carboxylic acids is 2. The van der Waals surface area contributed by atoms with Gasteiger partial charge in [-0.3, -0.25) is 9.59 Å². The van der Waals surface area contributed by atoms with Crippen molar-refractivity contribution in [3.63, 3.8) is 0 Å². The van der Waals surface area contributed by atoms with Crippen LogP contribution in [0.3, 0.4) is 0 Å². The highest BCUT2D eigenvalue weighted by molar-refractivity contribution is 5.79. The van der Waals surface area contributed by atoms with Gasteiger partial charge in [0.05, 0.1) is 25.7 Å². The molecule has 160 valence electrons. The number of hydrogen-bond donors (Lipinski definition) is 1. The van der Waals surface area contributed by atoms with Gasteiger partial charge in [0.1, 0.15) is 0 Å². The van der Waals surface area contributed by atoms with E-state index in [0.717, 1.165) is 23.3 Å². The van der Waals surface area contributed by atoms with Crippen LogP contribution < -0.4 is 14.8 Å². The molecule has 1 aliphatic heterocycles. The second kappa shape index (κ2) is 10.1. The van der Waals surface area contributed by atoms with E-state index in [0.29, 0.717) is 32.1 Å². The van der Waals surface area contributed by atoms with Gasteiger partial charge in [-0.15, -0.1) is 0 Å². The Morgan fingerprint density at radius 3 is 2.27 bits per heavy atom. The average molecular weight is 411 g/mol. The molecule has 0 aromatic heterocycles. The zero-order chi connectivity index (χ0) is 21.5. The number of benzene rings is 2. The van der Waals surface area contributed by atoms with Crippen molar-refractivity contribution in [3.8, 4) is 11.5 Å². The number of carbonyl (C=O) groups is 2. The Kier molecular flexibility index (Phi) is 7.33. The Balaban J connectivity index is 1.75. The molecule has 1 heterocycles. The molecule has 2 aromatic carbocycles. The summed E-state index contributed by atoms with van der Waals surface area (Å²) in [5.41, 5.74) is 3.20. The van der Waals surface area contributed by atoms with E-state index >= 15 is 0 Å². The first kappa shape index (κ1) is 21.7. The third-order valence-electron chi connectivity index (χ3n) is 5.19. The average Bonchev–Trinajstić information content (AvgIpc) is 2.74. The van der Waals surface area contributed by atoms with Crippen molar-refractivity contribution >= 4 is 11.8 Å². The van der Waals surface area contributed by atoms with E-state index in [1.54, 1.807) is 0 Å². The molecule has 0 bridgehead atoms. The molecule has 0 unspecified atom stereocenters. The maximum Gasteiger partial charge on any atom is 0.225 e. The minimum absolute atomic E-state index is 0.0232. The molecule has 3 rings (SSSR count). The summed E-state index contributed by atoms with van der Waals surface area (Å²) in [6, 6.07) is 13.3. The highest BCUT2D eigenvalue weighted by Crippen LogP contribution is 2.34. The van der Waals surface area contributed by atoms with Crippen LogP contribution in [0.25, 0.3) is 0 Å². The topological polar surface area (TPSA) is 67.9 Å². The molecule has 0 fully saturated rings. The quantitative estimate of drug-likeness (QED) is 0.722. The minimum Gasteiger partial charge on any atom is -0.490 e. The lowest BCUT2D eigenvalue weighted by Gasteiger charge is -2.31. The molecular formula is C24H30N2O4. The molecule has 6 heteroatoms. The van der Waals surface area contributed by atoms with Crippen LogP contribution in [0.15, 0.2) is 42.5 Å². The van der Waals surface area contributed by atoms with Crippen molar-refractivity contribution < 1.29 is 19.1 Å². The third-order valence-corrected chi connectivity index (χ3v) is 5.19. The number of amides is 2. The second-order valence-electron chi connectivity index (χ2n) is 7.37. The van der Waals surface area contributed by atoms with Crippen molar-refractivity contribution in [2.75, 3.05) is 19.8 Å². The van der Waals surface area contributed by atoms with E-state index in [1.807, 2.05) is 61.2 Å². The summed E-state index contributed by atoms with van der Waals surface area (Å²) in [5.74, 6) is 1.35. The Morgan fingerprint density at radius 1 is 1.03 bits per heavy atom. The zero-order valence-electron chi connectivity index (χ0n) is 17.9. The maximum atomic E-state index is 13.1. The van der Waals surface area contributed by atoms with Crippen LogP contribution in [0.5, 0.6) is 11.5 Å². The maximum absolute atomic E-state index is 13.1. The van der Waals surface area contributed by atoms with E-state index in [-0.39, 0.29) is 24.3 Å². The molecule has 0 radical (unpaired) electrons. The summed E-state index contributed by atoms with van der Waals surface area (Å²) in [6.07, 6.45) is 0.998. The molecule has 2 amide bonds. The van der Waals surface area contributed by atoms with Gasteiger partial charge in [-0.25, -0.2) is 0 Å². The molecule has 0 aliphatic carbocycles. The SMILES string of the molecule is CCOc1cc2c(cc1OCC)CN(C(=O)C[C@H](NC(C)=O)c1ccccc1)CC2. The van der Waals surface area contributed by atoms with Crippen molar-refractivity contribution in [2.45, 2.75) is 46.2 Å². The minimum atomic E-state index is -0.336.